The highest BCUT2D eigenvalue weighted by molar-refractivity contribution is 8.00. The number of rotatable bonds is 3. The third-order valence-corrected chi connectivity index (χ3v) is 2.47. The van der Waals surface area contributed by atoms with E-state index in [-0.39, 0.29) is 17.5 Å². The highest BCUT2D eigenvalue weighted by Gasteiger charge is 2.04. The van der Waals surface area contributed by atoms with Crippen LogP contribution in [-0.2, 0) is 9.53 Å². The van der Waals surface area contributed by atoms with Gasteiger partial charge in [-0.25, -0.2) is 0 Å². The van der Waals surface area contributed by atoms with Gasteiger partial charge in [0.15, 0.2) is 0 Å². The van der Waals surface area contributed by atoms with Gasteiger partial charge in [-0.15, -0.1) is 11.8 Å². The molecular weight excluding hydrogens is 188 g/mol. The van der Waals surface area contributed by atoms with Crippen molar-refractivity contribution in [3.8, 4) is 5.75 Å². The molecular formula is C9H10O3S. The third-order valence-electron chi connectivity index (χ3n) is 1.44. The molecule has 3 nitrogen and oxygen atoms in total. The SMILES string of the molecule is COC(=O)CSc1ccccc1O. The molecule has 0 atom stereocenters. The van der Waals surface area contributed by atoms with Crippen molar-refractivity contribution in [2.24, 2.45) is 0 Å². The quantitative estimate of drug-likeness (QED) is 0.592. The number of carbonyl (C=O) groups is 1. The molecule has 13 heavy (non-hydrogen) atoms. The minimum absolute atomic E-state index is 0.191. The Balaban J connectivity index is 2.54. The van der Waals surface area contributed by atoms with Gasteiger partial charge in [-0.2, -0.15) is 0 Å². The van der Waals surface area contributed by atoms with Gasteiger partial charge >= 0.3 is 5.97 Å². The van der Waals surface area contributed by atoms with Gasteiger partial charge in [0, 0.05) is 4.90 Å². The van der Waals surface area contributed by atoms with Crippen LogP contribution >= 0.6 is 11.8 Å². The largest absolute Gasteiger partial charge is 0.507 e. The average Bonchev–Trinajstić information content (AvgIpc) is 2.16. The maximum atomic E-state index is 10.8. The van der Waals surface area contributed by atoms with Crippen LogP contribution in [0, 0.1) is 0 Å². The molecule has 1 N–H and O–H groups in total. The fraction of sp³-hybridized carbons (Fsp3) is 0.222. The number of carbonyl (C=O) groups excluding carboxylic acids is 1. The number of phenolic OH excluding ortho intramolecular Hbond substituents is 1. The maximum Gasteiger partial charge on any atom is 0.315 e. The molecule has 4 heteroatoms. The molecule has 0 aliphatic rings. The highest BCUT2D eigenvalue weighted by atomic mass is 32.2. The molecule has 1 rings (SSSR count). The Morgan fingerprint density at radius 2 is 2.23 bits per heavy atom. The second-order valence-electron chi connectivity index (χ2n) is 2.33. The normalized spacial score (nSPS) is 9.62. The van der Waals surface area contributed by atoms with E-state index in [0.717, 1.165) is 0 Å². The second kappa shape index (κ2) is 4.77. The summed E-state index contributed by atoms with van der Waals surface area (Å²) >= 11 is 1.26. The minimum atomic E-state index is -0.298. The fourth-order valence-electron chi connectivity index (χ4n) is 0.775. The molecule has 1 aromatic rings. The summed E-state index contributed by atoms with van der Waals surface area (Å²) in [6, 6.07) is 6.87. The zero-order valence-electron chi connectivity index (χ0n) is 7.19. The zero-order chi connectivity index (χ0) is 9.68. The van der Waals surface area contributed by atoms with Crippen molar-refractivity contribution < 1.29 is 14.6 Å². The maximum absolute atomic E-state index is 10.8. The van der Waals surface area contributed by atoms with Gasteiger partial charge in [0.05, 0.1) is 12.9 Å². The summed E-state index contributed by atoms with van der Waals surface area (Å²) in [4.78, 5) is 11.5. The predicted octanol–water partition coefficient (Wildman–Crippen LogP) is 1.66. The van der Waals surface area contributed by atoms with E-state index >= 15 is 0 Å². The van der Waals surface area contributed by atoms with Crippen LogP contribution in [0.15, 0.2) is 29.2 Å². The smallest absolute Gasteiger partial charge is 0.315 e. The molecule has 0 spiro atoms. The van der Waals surface area contributed by atoms with Crippen LogP contribution in [0.3, 0.4) is 0 Å². The lowest BCUT2D eigenvalue weighted by molar-refractivity contribution is -0.137. The van der Waals surface area contributed by atoms with E-state index in [0.29, 0.717) is 4.90 Å². The van der Waals surface area contributed by atoms with E-state index in [1.807, 2.05) is 0 Å². The van der Waals surface area contributed by atoms with Crippen LogP contribution < -0.4 is 0 Å². The molecule has 70 valence electrons. The van der Waals surface area contributed by atoms with Crippen molar-refractivity contribution in [2.45, 2.75) is 4.90 Å². The topological polar surface area (TPSA) is 46.5 Å². The number of benzene rings is 1. The third kappa shape index (κ3) is 2.99. The van der Waals surface area contributed by atoms with Gasteiger partial charge in [0.2, 0.25) is 0 Å². The van der Waals surface area contributed by atoms with Crippen LogP contribution in [0.25, 0.3) is 0 Å². The Bertz CT molecular complexity index is 299. The zero-order valence-corrected chi connectivity index (χ0v) is 8.00. The highest BCUT2D eigenvalue weighted by Crippen LogP contribution is 2.27. The number of methoxy groups -OCH3 is 1. The number of esters is 1. The molecule has 0 aromatic heterocycles. The first kappa shape index (κ1) is 9.92. The van der Waals surface area contributed by atoms with Crippen LogP contribution in [0.1, 0.15) is 0 Å². The minimum Gasteiger partial charge on any atom is -0.507 e. The van der Waals surface area contributed by atoms with Gasteiger partial charge in [0.25, 0.3) is 0 Å². The molecule has 0 aliphatic heterocycles. The number of hydrogen-bond donors (Lipinski definition) is 1. The average molecular weight is 198 g/mol. The number of phenols is 1. The van der Waals surface area contributed by atoms with E-state index < -0.39 is 0 Å². The molecule has 0 fully saturated rings. The van der Waals surface area contributed by atoms with Gasteiger partial charge in [-0.1, -0.05) is 12.1 Å². The first-order valence-electron chi connectivity index (χ1n) is 3.71. The summed E-state index contributed by atoms with van der Waals surface area (Å²) in [7, 11) is 1.34. The summed E-state index contributed by atoms with van der Waals surface area (Å²) in [5.41, 5.74) is 0. The Kier molecular flexibility index (Phi) is 3.64. The lowest BCUT2D eigenvalue weighted by atomic mass is 10.3. The number of aromatic hydroxyl groups is 1. The van der Waals surface area contributed by atoms with Gasteiger partial charge in [0.1, 0.15) is 5.75 Å². The van der Waals surface area contributed by atoms with Crippen molar-refractivity contribution >= 4 is 17.7 Å². The Labute approximate surface area is 80.7 Å². The van der Waals surface area contributed by atoms with Crippen LogP contribution in [0.2, 0.25) is 0 Å². The number of para-hydroxylation sites is 1. The van der Waals surface area contributed by atoms with Crippen molar-refractivity contribution in [1.82, 2.24) is 0 Å². The summed E-state index contributed by atoms with van der Waals surface area (Å²) in [6.45, 7) is 0. The number of hydrogen-bond acceptors (Lipinski definition) is 4. The van der Waals surface area contributed by atoms with E-state index in [1.54, 1.807) is 24.3 Å². The molecule has 0 unspecified atom stereocenters. The van der Waals surface area contributed by atoms with Crippen LogP contribution in [0.4, 0.5) is 0 Å². The fourth-order valence-corrected chi connectivity index (χ4v) is 1.56. The summed E-state index contributed by atoms with van der Waals surface area (Å²) in [5.74, 6) is 0.110. The van der Waals surface area contributed by atoms with Crippen molar-refractivity contribution in [3.63, 3.8) is 0 Å². The number of ether oxygens (including phenoxy) is 1. The van der Waals surface area contributed by atoms with E-state index in [2.05, 4.69) is 4.74 Å². The standard InChI is InChI=1S/C9H10O3S/c1-12-9(11)6-13-8-5-3-2-4-7(8)10/h2-5,10H,6H2,1H3. The summed E-state index contributed by atoms with van der Waals surface area (Å²) < 4.78 is 4.47. The van der Waals surface area contributed by atoms with Crippen LogP contribution in [0.5, 0.6) is 5.75 Å². The first-order valence-corrected chi connectivity index (χ1v) is 4.70. The van der Waals surface area contributed by atoms with Crippen LogP contribution in [-0.4, -0.2) is 23.9 Å². The summed E-state index contributed by atoms with van der Waals surface area (Å²) in [5, 5.41) is 9.32. The second-order valence-corrected chi connectivity index (χ2v) is 3.35. The molecule has 1 aromatic carbocycles. The molecule has 0 amide bonds. The monoisotopic (exact) mass is 198 g/mol. The molecule has 0 saturated heterocycles. The molecule has 0 heterocycles. The first-order chi connectivity index (χ1) is 6.24. The van der Waals surface area contributed by atoms with Crippen molar-refractivity contribution in [2.75, 3.05) is 12.9 Å². The lowest BCUT2D eigenvalue weighted by Crippen LogP contribution is -2.02. The Morgan fingerprint density at radius 1 is 1.54 bits per heavy atom. The number of thioether (sulfide) groups is 1. The molecule has 0 bridgehead atoms. The van der Waals surface area contributed by atoms with E-state index in [1.165, 1.54) is 18.9 Å². The molecule has 0 saturated carbocycles. The van der Waals surface area contributed by atoms with Gasteiger partial charge < -0.3 is 9.84 Å². The van der Waals surface area contributed by atoms with E-state index in [9.17, 15) is 9.90 Å². The molecule has 0 aliphatic carbocycles. The Morgan fingerprint density at radius 3 is 2.85 bits per heavy atom. The van der Waals surface area contributed by atoms with Gasteiger partial charge in [-0.05, 0) is 12.1 Å². The molecule has 0 radical (unpaired) electrons. The lowest BCUT2D eigenvalue weighted by Gasteiger charge is -2.01. The van der Waals surface area contributed by atoms with Gasteiger partial charge in [-0.3, -0.25) is 4.79 Å². The predicted molar refractivity (Wildman–Crippen MR) is 50.8 cm³/mol. The summed E-state index contributed by atoms with van der Waals surface area (Å²) in [6.07, 6.45) is 0. The van der Waals surface area contributed by atoms with E-state index in [4.69, 9.17) is 0 Å². The van der Waals surface area contributed by atoms with Crippen molar-refractivity contribution in [1.29, 1.82) is 0 Å². The Hall–Kier alpha value is -1.16. The van der Waals surface area contributed by atoms with Crippen molar-refractivity contribution in [3.05, 3.63) is 24.3 Å².